The first-order chi connectivity index (χ1) is 14.8. The average molecular weight is 449 g/mol. The Balaban J connectivity index is 1.63. The van der Waals surface area contributed by atoms with Crippen molar-refractivity contribution < 1.29 is 22.7 Å². The second-order valence-corrected chi connectivity index (χ2v) is 7.57. The largest absolute Gasteiger partial charge is 0.480 e. The summed E-state index contributed by atoms with van der Waals surface area (Å²) in [4.78, 5) is 14.6. The minimum Gasteiger partial charge on any atom is -0.480 e. The number of anilines is 1. The zero-order chi connectivity index (χ0) is 22.2. The highest BCUT2D eigenvalue weighted by molar-refractivity contribution is 7.15. The average Bonchev–Trinajstić information content (AvgIpc) is 3.46. The van der Waals surface area contributed by atoms with Gasteiger partial charge in [0.2, 0.25) is 5.88 Å². The Morgan fingerprint density at radius 3 is 2.65 bits per heavy atom. The molecule has 0 atom stereocenters. The van der Waals surface area contributed by atoms with Crippen molar-refractivity contribution >= 4 is 23.1 Å². The number of amides is 1. The second kappa shape index (κ2) is 7.83. The maximum absolute atomic E-state index is 13.8. The topological polar surface area (TPSA) is 111 Å². The number of H-pyrrole nitrogens is 1. The van der Waals surface area contributed by atoms with Gasteiger partial charge in [-0.05, 0) is 25.1 Å². The summed E-state index contributed by atoms with van der Waals surface area (Å²) < 4.78 is 46.7. The highest BCUT2D eigenvalue weighted by Crippen LogP contribution is 2.34. The number of aromatic amines is 1. The lowest BCUT2D eigenvalue weighted by Gasteiger charge is -2.11. The molecule has 0 aliphatic heterocycles. The molecule has 0 aromatic carbocycles. The van der Waals surface area contributed by atoms with Crippen molar-refractivity contribution in [3.05, 3.63) is 52.7 Å². The lowest BCUT2D eigenvalue weighted by Crippen LogP contribution is -2.21. The molecule has 4 rings (SSSR count). The number of rotatable bonds is 5. The van der Waals surface area contributed by atoms with Gasteiger partial charge >= 0.3 is 6.18 Å². The second-order valence-electron chi connectivity index (χ2n) is 6.28. The van der Waals surface area contributed by atoms with Gasteiger partial charge in [-0.2, -0.15) is 23.4 Å². The summed E-state index contributed by atoms with van der Waals surface area (Å²) in [5.74, 6) is -1.03. The molecule has 0 aliphatic rings. The van der Waals surface area contributed by atoms with E-state index in [9.17, 15) is 18.0 Å². The molecule has 13 heteroatoms. The number of methoxy groups -OCH3 is 1. The maximum atomic E-state index is 13.8. The van der Waals surface area contributed by atoms with Crippen molar-refractivity contribution in [1.82, 2.24) is 30.2 Å². The van der Waals surface area contributed by atoms with Crippen LogP contribution in [0, 0.1) is 6.92 Å². The third-order valence-corrected chi connectivity index (χ3v) is 5.19. The molecule has 4 aromatic heterocycles. The zero-order valence-electron chi connectivity index (χ0n) is 16.1. The van der Waals surface area contributed by atoms with Crippen LogP contribution in [0.15, 0.2) is 36.5 Å². The Kier molecular flexibility index (Phi) is 5.19. The van der Waals surface area contributed by atoms with Crippen molar-refractivity contribution in [2.75, 3.05) is 12.4 Å². The third-order valence-electron chi connectivity index (χ3n) is 4.16. The van der Waals surface area contributed by atoms with Gasteiger partial charge in [0.1, 0.15) is 0 Å². The zero-order valence-corrected chi connectivity index (χ0v) is 16.9. The molecule has 9 nitrogen and oxygen atoms in total. The van der Waals surface area contributed by atoms with Gasteiger partial charge in [-0.1, -0.05) is 0 Å². The smallest absolute Gasteiger partial charge is 0.434 e. The van der Waals surface area contributed by atoms with Crippen LogP contribution in [0.3, 0.4) is 0 Å². The summed E-state index contributed by atoms with van der Waals surface area (Å²) >= 11 is 1.51. The molecule has 0 unspecified atom stereocenters. The van der Waals surface area contributed by atoms with E-state index in [2.05, 4.69) is 30.8 Å². The molecule has 0 fully saturated rings. The molecule has 1 amide bonds. The Hall–Kier alpha value is -3.74. The van der Waals surface area contributed by atoms with Crippen molar-refractivity contribution in [2.24, 2.45) is 0 Å². The fraction of sp³-hybridized carbons (Fsp3) is 0.167. The molecule has 0 bridgehead atoms. The molecule has 0 aliphatic carbocycles. The Bertz CT molecular complexity index is 1230. The molecule has 4 heterocycles. The molecule has 31 heavy (non-hydrogen) atoms. The lowest BCUT2D eigenvalue weighted by atomic mass is 10.2. The number of aryl methyl sites for hydroxylation is 1. The highest BCUT2D eigenvalue weighted by Gasteiger charge is 2.41. The van der Waals surface area contributed by atoms with Gasteiger partial charge in [-0.3, -0.25) is 9.89 Å². The van der Waals surface area contributed by atoms with Crippen molar-refractivity contribution in [2.45, 2.75) is 13.1 Å². The molecule has 0 spiro atoms. The summed E-state index contributed by atoms with van der Waals surface area (Å²) in [6, 6.07) is 7.92. The number of halogens is 3. The number of nitrogens with one attached hydrogen (secondary N) is 2. The number of nitrogens with zero attached hydrogens (tertiary/aromatic N) is 5. The van der Waals surface area contributed by atoms with E-state index in [0.717, 1.165) is 16.0 Å². The van der Waals surface area contributed by atoms with Crippen LogP contribution in [0.1, 0.15) is 20.9 Å². The summed E-state index contributed by atoms with van der Waals surface area (Å²) in [5.41, 5.74) is -1.33. The summed E-state index contributed by atoms with van der Waals surface area (Å²) in [7, 11) is 1.35. The van der Waals surface area contributed by atoms with Crippen LogP contribution in [0.25, 0.3) is 16.4 Å². The van der Waals surface area contributed by atoms with Crippen LogP contribution in [-0.4, -0.2) is 43.2 Å². The molecule has 4 aromatic rings. The fourth-order valence-electron chi connectivity index (χ4n) is 2.77. The quantitative estimate of drug-likeness (QED) is 0.481. The Labute approximate surface area is 176 Å². The predicted octanol–water partition coefficient (Wildman–Crippen LogP) is 3.70. The minimum absolute atomic E-state index is 0.0798. The summed E-state index contributed by atoms with van der Waals surface area (Å²) in [6.07, 6.45) is -4.06. The van der Waals surface area contributed by atoms with Crippen molar-refractivity contribution in [1.29, 1.82) is 0 Å². The lowest BCUT2D eigenvalue weighted by molar-refractivity contribution is -0.143. The van der Waals surface area contributed by atoms with Crippen LogP contribution in [-0.2, 0) is 6.18 Å². The standard InChI is InChI=1S/C18H14F3N7O2S/c1-9-3-4-12(31-9)11-7-13(25-24-11)23-17(29)10-8-22-28(16(10)18(19,20)21)14-5-6-15(30-2)27-26-14/h3-8H,1-2H3,(H2,23,24,25,29). The normalized spacial score (nSPS) is 11.5. The number of thiophene rings is 1. The monoisotopic (exact) mass is 449 g/mol. The van der Waals surface area contributed by atoms with E-state index in [1.165, 1.54) is 36.6 Å². The molecule has 0 saturated carbocycles. The number of hydrogen-bond acceptors (Lipinski definition) is 7. The van der Waals surface area contributed by atoms with E-state index in [-0.39, 0.29) is 17.5 Å². The molecule has 2 N–H and O–H groups in total. The Morgan fingerprint density at radius 2 is 2.03 bits per heavy atom. The van der Waals surface area contributed by atoms with Gasteiger partial charge in [0.25, 0.3) is 5.91 Å². The maximum Gasteiger partial charge on any atom is 0.434 e. The first-order valence-corrected chi connectivity index (χ1v) is 9.55. The molecular formula is C18H14F3N7O2S. The van der Waals surface area contributed by atoms with E-state index in [4.69, 9.17) is 4.74 Å². The van der Waals surface area contributed by atoms with E-state index >= 15 is 0 Å². The van der Waals surface area contributed by atoms with Gasteiger partial charge in [0.15, 0.2) is 17.3 Å². The molecule has 160 valence electrons. The number of ether oxygens (including phenoxy) is 1. The summed E-state index contributed by atoms with van der Waals surface area (Å²) in [6.45, 7) is 1.94. The third kappa shape index (κ3) is 4.12. The van der Waals surface area contributed by atoms with E-state index < -0.39 is 23.3 Å². The van der Waals surface area contributed by atoms with Gasteiger partial charge in [0.05, 0.1) is 29.4 Å². The van der Waals surface area contributed by atoms with Gasteiger partial charge < -0.3 is 10.1 Å². The number of alkyl halides is 3. The van der Waals surface area contributed by atoms with E-state index in [0.29, 0.717) is 10.4 Å². The first-order valence-electron chi connectivity index (χ1n) is 8.73. The number of aromatic nitrogens is 6. The SMILES string of the molecule is COc1ccc(-n2ncc(C(=O)Nc3cc(-c4ccc(C)s4)[nH]n3)c2C(F)(F)F)nn1. The van der Waals surface area contributed by atoms with Crippen molar-refractivity contribution in [3.8, 4) is 22.3 Å². The predicted molar refractivity (Wildman–Crippen MR) is 105 cm³/mol. The Morgan fingerprint density at radius 1 is 1.23 bits per heavy atom. The van der Waals surface area contributed by atoms with Crippen LogP contribution in [0.5, 0.6) is 5.88 Å². The van der Waals surface area contributed by atoms with Crippen LogP contribution in [0.2, 0.25) is 0 Å². The fourth-order valence-corrected chi connectivity index (χ4v) is 3.60. The molecule has 0 radical (unpaired) electrons. The van der Waals surface area contributed by atoms with Crippen LogP contribution < -0.4 is 10.1 Å². The van der Waals surface area contributed by atoms with E-state index in [1.807, 2.05) is 19.1 Å². The summed E-state index contributed by atoms with van der Waals surface area (Å²) in [5, 5.41) is 20.1. The van der Waals surface area contributed by atoms with Gasteiger partial charge in [0, 0.05) is 17.0 Å². The van der Waals surface area contributed by atoms with Gasteiger partial charge in [-0.15, -0.1) is 21.5 Å². The molecular weight excluding hydrogens is 435 g/mol. The highest BCUT2D eigenvalue weighted by atomic mass is 32.1. The minimum atomic E-state index is -4.88. The van der Waals surface area contributed by atoms with Gasteiger partial charge in [-0.25, -0.2) is 4.68 Å². The van der Waals surface area contributed by atoms with E-state index in [1.54, 1.807) is 0 Å². The molecule has 0 saturated heterocycles. The number of carbonyl (C=O) groups excluding carboxylic acids is 1. The van der Waals surface area contributed by atoms with Crippen LogP contribution in [0.4, 0.5) is 19.0 Å². The van der Waals surface area contributed by atoms with Crippen LogP contribution >= 0.6 is 11.3 Å². The first kappa shape index (κ1) is 20.5. The van der Waals surface area contributed by atoms with Crippen molar-refractivity contribution in [3.63, 3.8) is 0 Å². The number of carbonyl (C=O) groups is 1. The number of hydrogen-bond donors (Lipinski definition) is 2.